The third kappa shape index (κ3) is 1.98. The lowest BCUT2D eigenvalue weighted by atomic mass is 9.92. The largest absolute Gasteiger partial charge is 0.492 e. The van der Waals surface area contributed by atoms with Crippen LogP contribution in [0, 0.1) is 0 Å². The van der Waals surface area contributed by atoms with Gasteiger partial charge in [-0.05, 0) is 18.2 Å². The molecule has 0 saturated heterocycles. The van der Waals surface area contributed by atoms with Crippen molar-refractivity contribution in [2.24, 2.45) is 0 Å². The Morgan fingerprint density at radius 2 is 1.90 bits per heavy atom. The summed E-state index contributed by atoms with van der Waals surface area (Å²) in [5.41, 5.74) is 2.51. The second kappa shape index (κ2) is 4.70. The highest BCUT2D eigenvalue weighted by Crippen LogP contribution is 2.35. The molecule has 1 unspecified atom stereocenters. The second-order valence-corrected chi connectivity index (χ2v) is 5.18. The van der Waals surface area contributed by atoms with Crippen molar-refractivity contribution >= 4 is 16.7 Å². The Morgan fingerprint density at radius 1 is 1.10 bits per heavy atom. The quantitative estimate of drug-likeness (QED) is 0.671. The van der Waals surface area contributed by atoms with Gasteiger partial charge in [0.1, 0.15) is 12.4 Å². The summed E-state index contributed by atoms with van der Waals surface area (Å²) in [6.07, 6.45) is 1.66. The van der Waals surface area contributed by atoms with Crippen LogP contribution < -0.4 is 4.74 Å². The Balaban J connectivity index is 1.74. The highest BCUT2D eigenvalue weighted by molar-refractivity contribution is 6.03. The fourth-order valence-corrected chi connectivity index (χ4v) is 2.79. The number of fused-ring (bicyclic) bond motifs is 2. The van der Waals surface area contributed by atoms with Crippen LogP contribution in [0.5, 0.6) is 5.75 Å². The van der Waals surface area contributed by atoms with Gasteiger partial charge in [-0.25, -0.2) is 0 Å². The van der Waals surface area contributed by atoms with Crippen molar-refractivity contribution in [1.29, 1.82) is 0 Å². The summed E-state index contributed by atoms with van der Waals surface area (Å²) in [5, 5.41) is 0.982. The van der Waals surface area contributed by atoms with E-state index in [4.69, 9.17) is 4.74 Å². The van der Waals surface area contributed by atoms with Gasteiger partial charge < -0.3 is 4.74 Å². The molecule has 1 aliphatic heterocycles. The minimum absolute atomic E-state index is 0.0678. The van der Waals surface area contributed by atoms with E-state index in [0.29, 0.717) is 12.2 Å². The third-order valence-corrected chi connectivity index (χ3v) is 3.89. The van der Waals surface area contributed by atoms with Crippen molar-refractivity contribution in [3.05, 3.63) is 71.9 Å². The summed E-state index contributed by atoms with van der Waals surface area (Å²) in [5.74, 6) is 0.645. The maximum absolute atomic E-state index is 12.7. The topological polar surface area (TPSA) is 39.2 Å². The predicted molar refractivity (Wildman–Crippen MR) is 80.8 cm³/mol. The SMILES string of the molecule is O=C(c1cnc2ccccc2c1)C1COc2ccccc21. The van der Waals surface area contributed by atoms with E-state index in [-0.39, 0.29) is 11.7 Å². The van der Waals surface area contributed by atoms with E-state index >= 15 is 0 Å². The maximum Gasteiger partial charge on any atom is 0.175 e. The average Bonchev–Trinajstić information content (AvgIpc) is 2.98. The molecule has 3 heteroatoms. The van der Waals surface area contributed by atoms with Crippen molar-refractivity contribution in [2.45, 2.75) is 5.92 Å². The predicted octanol–water partition coefficient (Wildman–Crippen LogP) is 3.59. The van der Waals surface area contributed by atoms with Crippen LogP contribution in [0.15, 0.2) is 60.8 Å². The van der Waals surface area contributed by atoms with Crippen molar-refractivity contribution in [3.8, 4) is 5.75 Å². The van der Waals surface area contributed by atoms with Crippen molar-refractivity contribution in [1.82, 2.24) is 4.98 Å². The minimum atomic E-state index is -0.232. The molecule has 0 fully saturated rings. The lowest BCUT2D eigenvalue weighted by Crippen LogP contribution is -2.14. The van der Waals surface area contributed by atoms with Crippen LogP contribution >= 0.6 is 0 Å². The van der Waals surface area contributed by atoms with Crippen molar-refractivity contribution in [2.75, 3.05) is 6.61 Å². The molecule has 3 aromatic rings. The van der Waals surface area contributed by atoms with E-state index in [2.05, 4.69) is 4.98 Å². The van der Waals surface area contributed by atoms with Crippen molar-refractivity contribution < 1.29 is 9.53 Å². The first-order valence-electron chi connectivity index (χ1n) is 6.94. The molecule has 1 aromatic heterocycles. The van der Waals surface area contributed by atoms with E-state index in [9.17, 15) is 4.79 Å². The van der Waals surface area contributed by atoms with Crippen LogP contribution in [0.25, 0.3) is 10.9 Å². The first kappa shape index (κ1) is 12.1. The van der Waals surface area contributed by atoms with E-state index in [1.807, 2.05) is 54.6 Å². The van der Waals surface area contributed by atoms with Gasteiger partial charge in [0.25, 0.3) is 0 Å². The zero-order chi connectivity index (χ0) is 14.2. The van der Waals surface area contributed by atoms with Gasteiger partial charge in [-0.15, -0.1) is 0 Å². The van der Waals surface area contributed by atoms with Gasteiger partial charge in [0.2, 0.25) is 0 Å². The number of para-hydroxylation sites is 2. The second-order valence-electron chi connectivity index (χ2n) is 5.18. The van der Waals surface area contributed by atoms with Gasteiger partial charge in [-0.3, -0.25) is 9.78 Å². The molecule has 3 nitrogen and oxygen atoms in total. The molecule has 21 heavy (non-hydrogen) atoms. The normalized spacial score (nSPS) is 16.5. The standard InChI is InChI=1S/C18H13NO2/c20-18(15-11-21-17-8-4-2-6-14(15)17)13-9-12-5-1-3-7-16(12)19-10-13/h1-10,15H,11H2. The van der Waals surface area contributed by atoms with E-state index < -0.39 is 0 Å². The maximum atomic E-state index is 12.7. The minimum Gasteiger partial charge on any atom is -0.492 e. The van der Waals surface area contributed by atoms with Gasteiger partial charge in [0, 0.05) is 22.7 Å². The molecule has 1 atom stereocenters. The Bertz CT molecular complexity index is 841. The lowest BCUT2D eigenvalue weighted by Gasteiger charge is -2.08. The Hall–Kier alpha value is -2.68. The molecule has 2 heterocycles. The zero-order valence-electron chi connectivity index (χ0n) is 11.3. The number of ether oxygens (including phenoxy) is 1. The summed E-state index contributed by atoms with van der Waals surface area (Å²) in [7, 11) is 0. The molecule has 4 rings (SSSR count). The molecule has 0 saturated carbocycles. The molecule has 1 aliphatic rings. The highest BCUT2D eigenvalue weighted by atomic mass is 16.5. The number of carbonyl (C=O) groups is 1. The summed E-state index contributed by atoms with van der Waals surface area (Å²) < 4.78 is 5.60. The number of Topliss-reactive ketones (excluding diaryl/α,β-unsaturated/α-hetero) is 1. The van der Waals surface area contributed by atoms with Gasteiger partial charge in [-0.2, -0.15) is 0 Å². The van der Waals surface area contributed by atoms with Gasteiger partial charge in [-0.1, -0.05) is 36.4 Å². The number of carbonyl (C=O) groups excluding carboxylic acids is 1. The first-order valence-corrected chi connectivity index (χ1v) is 6.94. The molecule has 0 amide bonds. The number of hydrogen-bond donors (Lipinski definition) is 0. The van der Waals surface area contributed by atoms with Crippen LogP contribution in [-0.2, 0) is 0 Å². The van der Waals surface area contributed by atoms with Gasteiger partial charge in [0.05, 0.1) is 11.4 Å². The Morgan fingerprint density at radius 3 is 2.86 bits per heavy atom. The number of hydrogen-bond acceptors (Lipinski definition) is 3. The molecule has 0 N–H and O–H groups in total. The highest BCUT2D eigenvalue weighted by Gasteiger charge is 2.30. The number of benzene rings is 2. The summed E-state index contributed by atoms with van der Waals surface area (Å²) in [6, 6.07) is 17.4. The van der Waals surface area contributed by atoms with E-state index in [1.165, 1.54) is 0 Å². The summed E-state index contributed by atoms with van der Waals surface area (Å²) in [4.78, 5) is 17.1. The number of nitrogens with zero attached hydrogens (tertiary/aromatic N) is 1. The molecule has 2 aromatic carbocycles. The molecular weight excluding hydrogens is 262 g/mol. The number of pyridine rings is 1. The fourth-order valence-electron chi connectivity index (χ4n) is 2.79. The van der Waals surface area contributed by atoms with E-state index in [0.717, 1.165) is 22.2 Å². The molecule has 102 valence electrons. The average molecular weight is 275 g/mol. The fraction of sp³-hybridized carbons (Fsp3) is 0.111. The lowest BCUT2D eigenvalue weighted by molar-refractivity contribution is 0.0947. The van der Waals surface area contributed by atoms with Gasteiger partial charge in [0.15, 0.2) is 5.78 Å². The summed E-state index contributed by atoms with van der Waals surface area (Å²) >= 11 is 0. The number of aromatic nitrogens is 1. The van der Waals surface area contributed by atoms with Crippen molar-refractivity contribution in [3.63, 3.8) is 0 Å². The smallest absolute Gasteiger partial charge is 0.175 e. The molecule has 0 spiro atoms. The van der Waals surface area contributed by atoms with Crippen LogP contribution in [0.4, 0.5) is 0 Å². The Labute approximate surface area is 122 Å². The molecular formula is C18H13NO2. The Kier molecular flexibility index (Phi) is 2.71. The number of ketones is 1. The monoisotopic (exact) mass is 275 g/mol. The molecule has 0 aliphatic carbocycles. The van der Waals surface area contributed by atoms with Crippen LogP contribution in [0.3, 0.4) is 0 Å². The number of rotatable bonds is 2. The van der Waals surface area contributed by atoms with E-state index in [1.54, 1.807) is 6.20 Å². The van der Waals surface area contributed by atoms with Crippen LogP contribution in [0.2, 0.25) is 0 Å². The van der Waals surface area contributed by atoms with Gasteiger partial charge >= 0.3 is 0 Å². The van der Waals surface area contributed by atoms with Crippen LogP contribution in [-0.4, -0.2) is 17.4 Å². The summed E-state index contributed by atoms with van der Waals surface area (Å²) in [6.45, 7) is 0.408. The molecule has 0 bridgehead atoms. The first-order chi connectivity index (χ1) is 10.3. The van der Waals surface area contributed by atoms with Crippen LogP contribution in [0.1, 0.15) is 21.8 Å². The third-order valence-electron chi connectivity index (χ3n) is 3.89. The molecule has 0 radical (unpaired) electrons. The zero-order valence-corrected chi connectivity index (χ0v) is 11.3.